The Morgan fingerprint density at radius 3 is 1.53 bits per heavy atom. The molecule has 210 valence electrons. The maximum absolute atomic E-state index is 11.0. The molecule has 0 aliphatic heterocycles. The Morgan fingerprint density at radius 1 is 0.833 bits per heavy atom. The van der Waals surface area contributed by atoms with Crippen molar-refractivity contribution in [2.45, 2.75) is 60.8 Å². The zero-order valence-corrected chi connectivity index (χ0v) is 23.9. The van der Waals surface area contributed by atoms with Crippen LogP contribution in [0.2, 0.25) is 0 Å². The van der Waals surface area contributed by atoms with E-state index in [1.165, 1.54) is 0 Å². The number of likely N-dealkylation sites (N-methyl/N-ethyl adjacent to an activating group) is 2. The predicted octanol–water partition coefficient (Wildman–Crippen LogP) is 3.65. The van der Waals surface area contributed by atoms with E-state index < -0.39 is 5.97 Å². The second kappa shape index (κ2) is 24.2. The summed E-state index contributed by atoms with van der Waals surface area (Å²) in [4.78, 5) is 36.6. The van der Waals surface area contributed by atoms with Crippen molar-refractivity contribution >= 4 is 17.9 Å². The van der Waals surface area contributed by atoms with E-state index in [0.717, 1.165) is 44.6 Å². The van der Waals surface area contributed by atoms with Crippen LogP contribution in [-0.4, -0.2) is 92.8 Å². The summed E-state index contributed by atoms with van der Waals surface area (Å²) < 4.78 is 9.79. The van der Waals surface area contributed by atoms with E-state index in [1.54, 1.807) is 13.8 Å². The number of nitrogens with zero attached hydrogens (tertiary/aromatic N) is 2. The molecule has 0 atom stereocenters. The standard InChI is InChI=1S/C10H19NO2.C9H17NO2.C8H15NO2/c1-5-11(6-2)7-8-13-10(12)9(3)4;1-3-7(4-2)8(5-6-10)9(11)12;1-7(2)8(10)11-6-5-9(3)4/h3,5-8H2,1-2,4H3;3-6,10H2,1-2H3,(H,11,12);1,5-6H2,2-4H3. The average Bonchev–Trinajstić information content (AvgIpc) is 2.82. The van der Waals surface area contributed by atoms with E-state index in [1.807, 2.05) is 32.8 Å². The van der Waals surface area contributed by atoms with Gasteiger partial charge in [-0.15, -0.1) is 0 Å². The Morgan fingerprint density at radius 2 is 1.25 bits per heavy atom. The molecule has 0 aromatic heterocycles. The van der Waals surface area contributed by atoms with Crippen LogP contribution in [0.5, 0.6) is 0 Å². The van der Waals surface area contributed by atoms with Gasteiger partial charge in [-0.3, -0.25) is 0 Å². The van der Waals surface area contributed by atoms with Gasteiger partial charge >= 0.3 is 17.9 Å². The van der Waals surface area contributed by atoms with Gasteiger partial charge in [0.05, 0.1) is 0 Å². The molecule has 0 unspecified atom stereocenters. The fourth-order valence-corrected chi connectivity index (χ4v) is 2.63. The second-order valence-electron chi connectivity index (χ2n) is 8.30. The molecule has 0 amide bonds. The van der Waals surface area contributed by atoms with Gasteiger partial charge in [-0.25, -0.2) is 14.4 Å². The average molecular weight is 514 g/mol. The Hall–Kier alpha value is -2.49. The highest BCUT2D eigenvalue weighted by molar-refractivity contribution is 5.88. The number of hydrogen-bond acceptors (Lipinski definition) is 8. The highest BCUT2D eigenvalue weighted by Gasteiger charge is 2.10. The van der Waals surface area contributed by atoms with Gasteiger partial charge in [0.2, 0.25) is 0 Å². The first-order valence-electron chi connectivity index (χ1n) is 12.5. The molecule has 0 bridgehead atoms. The molecule has 0 spiro atoms. The van der Waals surface area contributed by atoms with Gasteiger partial charge in [0.15, 0.2) is 0 Å². The number of esters is 2. The number of carbonyl (C=O) groups excluding carboxylic acids is 2. The monoisotopic (exact) mass is 513 g/mol. The number of aliphatic carboxylic acids is 1. The van der Waals surface area contributed by atoms with Crippen molar-refractivity contribution in [2.24, 2.45) is 5.73 Å². The number of hydrogen-bond donors (Lipinski definition) is 2. The molecule has 0 saturated carbocycles. The Kier molecular flexibility index (Phi) is 25.6. The summed E-state index contributed by atoms with van der Waals surface area (Å²) in [5.41, 5.74) is 7.73. The van der Waals surface area contributed by atoms with Crippen LogP contribution in [0.15, 0.2) is 35.5 Å². The van der Waals surface area contributed by atoms with Crippen LogP contribution in [0.25, 0.3) is 0 Å². The van der Waals surface area contributed by atoms with E-state index in [9.17, 15) is 14.4 Å². The van der Waals surface area contributed by atoms with Crippen molar-refractivity contribution in [1.29, 1.82) is 0 Å². The SMILES string of the molecule is C=C(C)C(=O)OCCN(C)C.C=C(C)C(=O)OCCN(CC)CC.CCC(CC)=C(CCN)C(=O)O. The lowest BCUT2D eigenvalue weighted by Crippen LogP contribution is -2.27. The smallest absolute Gasteiger partial charge is 0.333 e. The largest absolute Gasteiger partial charge is 0.478 e. The molecule has 36 heavy (non-hydrogen) atoms. The summed E-state index contributed by atoms with van der Waals surface area (Å²) in [6.45, 7) is 23.2. The van der Waals surface area contributed by atoms with Crippen molar-refractivity contribution in [1.82, 2.24) is 9.80 Å². The summed E-state index contributed by atoms with van der Waals surface area (Å²) in [7, 11) is 3.85. The van der Waals surface area contributed by atoms with Gasteiger partial charge < -0.3 is 30.1 Å². The summed E-state index contributed by atoms with van der Waals surface area (Å²) in [6, 6.07) is 0. The molecular formula is C27H51N3O6. The first-order chi connectivity index (χ1) is 16.8. The van der Waals surface area contributed by atoms with Gasteiger partial charge in [0, 0.05) is 29.8 Å². The van der Waals surface area contributed by atoms with E-state index in [-0.39, 0.29) is 11.9 Å². The van der Waals surface area contributed by atoms with Crippen LogP contribution in [0.1, 0.15) is 60.8 Å². The van der Waals surface area contributed by atoms with Crippen molar-refractivity contribution in [3.8, 4) is 0 Å². The molecule has 0 aromatic carbocycles. The van der Waals surface area contributed by atoms with Crippen LogP contribution < -0.4 is 5.73 Å². The molecule has 3 N–H and O–H groups in total. The quantitative estimate of drug-likeness (QED) is 0.249. The third-order valence-corrected chi connectivity index (χ3v) is 4.94. The van der Waals surface area contributed by atoms with Crippen LogP contribution in [0.3, 0.4) is 0 Å². The minimum absolute atomic E-state index is 0.299. The van der Waals surface area contributed by atoms with Crippen LogP contribution in [-0.2, 0) is 23.9 Å². The molecule has 9 nitrogen and oxygen atoms in total. The molecule has 0 rings (SSSR count). The van der Waals surface area contributed by atoms with Crippen LogP contribution >= 0.6 is 0 Å². The molecule has 0 saturated heterocycles. The first kappa shape index (κ1) is 38.0. The van der Waals surface area contributed by atoms with Gasteiger partial charge in [-0.05, 0) is 66.8 Å². The molecular weight excluding hydrogens is 462 g/mol. The maximum Gasteiger partial charge on any atom is 0.333 e. The van der Waals surface area contributed by atoms with Crippen molar-refractivity contribution in [2.75, 3.05) is 60.0 Å². The number of carboxylic acid groups (broad SMARTS) is 1. The first-order valence-corrected chi connectivity index (χ1v) is 12.5. The summed E-state index contributed by atoms with van der Waals surface area (Å²) >= 11 is 0. The lowest BCUT2D eigenvalue weighted by molar-refractivity contribution is -0.140. The molecule has 0 aliphatic carbocycles. The molecule has 0 fully saturated rings. The van der Waals surface area contributed by atoms with E-state index >= 15 is 0 Å². The number of nitrogens with two attached hydrogens (primary N) is 1. The molecule has 0 aliphatic rings. The number of ether oxygens (including phenoxy) is 2. The lowest BCUT2D eigenvalue weighted by Gasteiger charge is -2.17. The van der Waals surface area contributed by atoms with Gasteiger partial charge in [-0.1, -0.05) is 46.4 Å². The topological polar surface area (TPSA) is 122 Å². The molecule has 9 heteroatoms. The second-order valence-corrected chi connectivity index (χ2v) is 8.30. The Balaban J connectivity index is -0.000000455. The van der Waals surface area contributed by atoms with E-state index in [2.05, 4.69) is 31.9 Å². The van der Waals surface area contributed by atoms with Gasteiger partial charge in [0.25, 0.3) is 0 Å². The zero-order valence-electron chi connectivity index (χ0n) is 23.9. The molecule has 0 aromatic rings. The highest BCUT2D eigenvalue weighted by Crippen LogP contribution is 2.15. The van der Waals surface area contributed by atoms with Crippen LogP contribution in [0, 0.1) is 0 Å². The molecule has 0 heterocycles. The molecule has 0 radical (unpaired) electrons. The van der Waals surface area contributed by atoms with Gasteiger partial charge in [0.1, 0.15) is 13.2 Å². The van der Waals surface area contributed by atoms with Crippen molar-refractivity contribution in [3.05, 3.63) is 35.5 Å². The number of rotatable bonds is 15. The summed E-state index contributed by atoms with van der Waals surface area (Å²) in [5, 5.41) is 8.82. The summed E-state index contributed by atoms with van der Waals surface area (Å²) in [5.74, 6) is -1.43. The third kappa shape index (κ3) is 22.0. The summed E-state index contributed by atoms with van der Waals surface area (Å²) in [6.07, 6.45) is 2.09. The van der Waals surface area contributed by atoms with Crippen molar-refractivity contribution in [3.63, 3.8) is 0 Å². The zero-order chi connectivity index (χ0) is 28.7. The number of carbonyl (C=O) groups is 3. The van der Waals surface area contributed by atoms with Crippen LogP contribution in [0.4, 0.5) is 0 Å². The number of carboxylic acids is 1. The Labute approximate surface area is 219 Å². The predicted molar refractivity (Wildman–Crippen MR) is 147 cm³/mol. The minimum Gasteiger partial charge on any atom is -0.478 e. The van der Waals surface area contributed by atoms with E-state index in [0.29, 0.717) is 42.9 Å². The fourth-order valence-electron chi connectivity index (χ4n) is 2.63. The van der Waals surface area contributed by atoms with Gasteiger partial charge in [-0.2, -0.15) is 0 Å². The minimum atomic E-state index is -0.820. The van der Waals surface area contributed by atoms with Crippen molar-refractivity contribution < 1.29 is 29.0 Å². The lowest BCUT2D eigenvalue weighted by atomic mass is 10.0. The van der Waals surface area contributed by atoms with E-state index in [4.69, 9.17) is 20.3 Å². The Bertz CT molecular complexity index is 692. The normalized spacial score (nSPS) is 9.86. The highest BCUT2D eigenvalue weighted by atomic mass is 16.5. The fraction of sp³-hybridized carbons (Fsp3) is 0.667. The number of allylic oxidation sites excluding steroid dienone is 1. The third-order valence-electron chi connectivity index (χ3n) is 4.94. The maximum atomic E-state index is 11.0.